The molecule has 0 amide bonds. The van der Waals surface area contributed by atoms with E-state index in [2.05, 4.69) is 131 Å². The van der Waals surface area contributed by atoms with Crippen molar-refractivity contribution in [1.29, 1.82) is 0 Å². The molecule has 1 fully saturated rings. The molecule has 8 aromatic heterocycles. The van der Waals surface area contributed by atoms with Crippen LogP contribution in [0.1, 0.15) is 60.1 Å². The van der Waals surface area contributed by atoms with Crippen LogP contribution in [0.2, 0.25) is 0 Å². The zero-order valence-electron chi connectivity index (χ0n) is 46.7. The molecule has 436 valence electrons. The van der Waals surface area contributed by atoms with Crippen LogP contribution in [-0.4, -0.2) is 55.9 Å². The van der Waals surface area contributed by atoms with Gasteiger partial charge in [-0.05, 0) is 179 Å². The number of nitrogens with zero attached hydrogens (tertiary/aromatic N) is 6. The molecule has 0 spiro atoms. The van der Waals surface area contributed by atoms with Gasteiger partial charge in [0.1, 0.15) is 15.7 Å². The number of hydrogen-bond acceptors (Lipinski definition) is 17. The molecular weight excluding hydrogens is 1260 g/mol. The fraction of sp³-hybridized carbons (Fsp3) is 0.123. The highest BCUT2D eigenvalue weighted by molar-refractivity contribution is 8.77. The number of carboxylic acid groups (broad SMARTS) is 1. The Morgan fingerprint density at radius 3 is 1.27 bits per heavy atom. The predicted molar refractivity (Wildman–Crippen MR) is 376 cm³/mol. The maximum Gasteiger partial charge on any atom is 0.354 e. The number of para-hydroxylation sites is 6. The third-order valence-electron chi connectivity index (χ3n) is 11.8. The molecule has 86 heavy (non-hydrogen) atoms. The summed E-state index contributed by atoms with van der Waals surface area (Å²) < 4.78 is 8.65. The summed E-state index contributed by atoms with van der Waals surface area (Å²) in [5.74, 6) is -0.990. The van der Waals surface area contributed by atoms with Crippen molar-refractivity contribution < 1.29 is 9.90 Å². The molecule has 1 aliphatic rings. The quantitative estimate of drug-likeness (QED) is 0.0881. The van der Waals surface area contributed by atoms with Gasteiger partial charge in [0.15, 0.2) is 17.4 Å². The van der Waals surface area contributed by atoms with Gasteiger partial charge in [0.25, 0.3) is 0 Å². The SMILES string of the molecule is C1CCCCC1.Cc1ccc(C)cc1.O=C(O)c1ccccn1.S=c1[nH]c2ccccc2[nH]1.S=c1[nH]c2ccccc2s1.c1ccc(SSc2ccccn2)nc1.c1ccc2sc(SSc3nc4ccccc4s3)nc2c1.c1ccc2scnc2c1. The van der Waals surface area contributed by atoms with E-state index in [1.807, 2.05) is 115 Å². The minimum Gasteiger partial charge on any atom is -0.477 e. The highest BCUT2D eigenvalue weighted by Crippen LogP contribution is 2.43. The van der Waals surface area contributed by atoms with E-state index in [0.29, 0.717) is 4.77 Å². The van der Waals surface area contributed by atoms with Gasteiger partial charge < -0.3 is 20.1 Å². The number of aromatic amines is 3. The molecule has 0 bridgehead atoms. The van der Waals surface area contributed by atoms with E-state index in [9.17, 15) is 4.79 Å². The molecule has 21 heteroatoms. The van der Waals surface area contributed by atoms with Crippen LogP contribution in [0.4, 0.5) is 0 Å². The number of pyridine rings is 3. The summed E-state index contributed by atoms with van der Waals surface area (Å²) >= 11 is 16.6. The number of benzene rings is 6. The van der Waals surface area contributed by atoms with Gasteiger partial charge in [0.2, 0.25) is 0 Å². The molecule has 4 N–H and O–H groups in total. The lowest BCUT2D eigenvalue weighted by Gasteiger charge is -2.05. The molecule has 0 saturated heterocycles. The molecule has 6 aromatic carbocycles. The molecular formula is C65H59N9O2S10. The maximum atomic E-state index is 10.1. The Morgan fingerprint density at radius 1 is 0.430 bits per heavy atom. The summed E-state index contributed by atoms with van der Waals surface area (Å²) in [7, 11) is 6.61. The Labute approximate surface area is 541 Å². The van der Waals surface area contributed by atoms with Crippen molar-refractivity contribution >= 4 is 171 Å². The largest absolute Gasteiger partial charge is 0.477 e. The van der Waals surface area contributed by atoms with Crippen molar-refractivity contribution in [3.05, 3.63) is 250 Å². The second-order valence-electron chi connectivity index (χ2n) is 18.3. The normalized spacial score (nSPS) is 11.2. The predicted octanol–water partition coefficient (Wildman–Crippen LogP) is 21.9. The van der Waals surface area contributed by atoms with Gasteiger partial charge in [-0.1, -0.05) is 153 Å². The maximum absolute atomic E-state index is 10.1. The molecule has 8 heterocycles. The lowest BCUT2D eigenvalue weighted by Crippen LogP contribution is -1.97. The number of carboxylic acids is 1. The van der Waals surface area contributed by atoms with Gasteiger partial charge in [-0.25, -0.2) is 34.7 Å². The minimum atomic E-state index is -0.990. The van der Waals surface area contributed by atoms with E-state index < -0.39 is 5.97 Å². The first-order valence-electron chi connectivity index (χ1n) is 27.0. The summed E-state index contributed by atoms with van der Waals surface area (Å²) in [4.78, 5) is 44.6. The number of rotatable bonds is 7. The van der Waals surface area contributed by atoms with Gasteiger partial charge in [-0.15, -0.1) is 45.3 Å². The summed E-state index contributed by atoms with van der Waals surface area (Å²) in [5.41, 5.74) is 11.1. The van der Waals surface area contributed by atoms with Crippen LogP contribution in [0.5, 0.6) is 0 Å². The van der Waals surface area contributed by atoms with Crippen LogP contribution in [0.15, 0.2) is 243 Å². The van der Waals surface area contributed by atoms with E-state index in [1.54, 1.807) is 113 Å². The smallest absolute Gasteiger partial charge is 0.354 e. The minimum absolute atomic E-state index is 0.0810. The van der Waals surface area contributed by atoms with Gasteiger partial charge in [0.05, 0.1) is 57.4 Å². The van der Waals surface area contributed by atoms with Crippen molar-refractivity contribution in [2.75, 3.05) is 0 Å². The fourth-order valence-corrected chi connectivity index (χ4v) is 15.8. The number of nitrogens with one attached hydrogen (secondary N) is 3. The van der Waals surface area contributed by atoms with E-state index >= 15 is 0 Å². The number of fused-ring (bicyclic) bond motifs is 5. The molecule has 0 radical (unpaired) electrons. The third-order valence-corrected chi connectivity index (χ3v) is 21.3. The summed E-state index contributed by atoms with van der Waals surface area (Å²) in [6.07, 6.45) is 14.0. The summed E-state index contributed by atoms with van der Waals surface area (Å²) in [5, 5.41) is 10.3. The van der Waals surface area contributed by atoms with E-state index in [1.165, 1.54) is 80.7 Å². The standard InChI is InChI=1S/C14H8N2S4.C10H8N2S2.C8H10.C7H6N2S.C7H5NS2.C7H5NS.C6H5NO2.C6H12/c1-3-7-11-9(5-1)15-13(17-11)19-20-14-16-10-6-2-4-8-12(10)18-14;1-3-7-11-9(5-1)13-14-10-6-2-4-8-12-10;1-7-3-5-8(2)6-4-7;10-7-8-5-3-1-2-4-6(5)9-7;9-7-8-5-3-1-2-4-6(5)10-7;1-2-4-7-6(3-1)8-5-9-7;8-6(9)5-3-1-2-4-7-5;1-2-4-6-5-3-1/h1-8H;1-8H;3-6H,1-2H3;1-4H,(H2,8,9,10);1-4H,(H,8,9);1-5H;1-4H,(H,8,9);1-6H2. The average molecular weight is 1320 g/mol. The van der Waals surface area contributed by atoms with E-state index in [-0.39, 0.29) is 5.69 Å². The Hall–Kier alpha value is -6.89. The molecule has 0 aliphatic heterocycles. The van der Waals surface area contributed by atoms with E-state index in [4.69, 9.17) is 29.5 Å². The number of H-pyrrole nitrogens is 3. The number of aromatic carboxylic acids is 1. The number of carbonyl (C=O) groups is 1. The molecule has 11 nitrogen and oxygen atoms in total. The monoisotopic (exact) mass is 1320 g/mol. The Bertz CT molecular complexity index is 3940. The van der Waals surface area contributed by atoms with Crippen LogP contribution in [0.25, 0.3) is 51.9 Å². The van der Waals surface area contributed by atoms with Gasteiger partial charge in [-0.3, -0.25) is 0 Å². The first kappa shape index (κ1) is 65.1. The lowest BCUT2D eigenvalue weighted by atomic mass is 10.0. The fourth-order valence-electron chi connectivity index (χ4n) is 7.58. The molecule has 0 unspecified atom stereocenters. The van der Waals surface area contributed by atoms with Crippen LogP contribution in [0.3, 0.4) is 0 Å². The number of imidazole rings is 1. The lowest BCUT2D eigenvalue weighted by molar-refractivity contribution is 0.0690. The summed E-state index contributed by atoms with van der Waals surface area (Å²) in [6.45, 7) is 4.19. The van der Waals surface area contributed by atoms with Crippen LogP contribution < -0.4 is 0 Å². The van der Waals surface area contributed by atoms with Crippen molar-refractivity contribution in [3.63, 3.8) is 0 Å². The van der Waals surface area contributed by atoms with E-state index in [0.717, 1.165) is 55.8 Å². The van der Waals surface area contributed by atoms with Crippen LogP contribution in [-0.2, 0) is 0 Å². The Kier molecular flexibility index (Phi) is 27.5. The number of aromatic nitrogens is 9. The Balaban J connectivity index is 0.000000131. The number of hydrogen-bond donors (Lipinski definition) is 4. The number of thiazole rings is 4. The molecule has 1 aliphatic carbocycles. The topological polar surface area (TPSA) is 162 Å². The number of aryl methyl sites for hydroxylation is 2. The summed E-state index contributed by atoms with van der Waals surface area (Å²) in [6, 6.07) is 65.6. The first-order valence-corrected chi connectivity index (χ1v) is 35.5. The molecule has 14 aromatic rings. The van der Waals surface area contributed by atoms with Crippen molar-refractivity contribution in [1.82, 2.24) is 44.9 Å². The zero-order valence-corrected chi connectivity index (χ0v) is 54.9. The molecule has 15 rings (SSSR count). The molecule has 0 atom stereocenters. The van der Waals surface area contributed by atoms with Gasteiger partial charge >= 0.3 is 5.97 Å². The third kappa shape index (κ3) is 22.8. The van der Waals surface area contributed by atoms with Crippen LogP contribution in [0, 0.1) is 22.6 Å². The Morgan fingerprint density at radius 2 is 0.849 bits per heavy atom. The van der Waals surface area contributed by atoms with Crippen molar-refractivity contribution in [2.24, 2.45) is 0 Å². The second kappa shape index (κ2) is 36.3. The van der Waals surface area contributed by atoms with Crippen molar-refractivity contribution in [2.45, 2.75) is 71.1 Å². The zero-order chi connectivity index (χ0) is 60.0. The highest BCUT2D eigenvalue weighted by atomic mass is 33.1. The average Bonchev–Trinajstić information content (AvgIpc) is 4.59. The van der Waals surface area contributed by atoms with Gasteiger partial charge in [-0.2, -0.15) is 0 Å². The second-order valence-corrected chi connectivity index (χ2v) is 28.2. The first-order chi connectivity index (χ1) is 42.1. The van der Waals surface area contributed by atoms with Crippen LogP contribution >= 0.6 is 113 Å². The van der Waals surface area contributed by atoms with Gasteiger partial charge in [0, 0.05) is 18.6 Å². The highest BCUT2D eigenvalue weighted by Gasteiger charge is 2.09. The van der Waals surface area contributed by atoms with Crippen molar-refractivity contribution in [3.8, 4) is 0 Å². The molecule has 1 saturated carbocycles.